The molecule has 4 heterocycles. The highest BCUT2D eigenvalue weighted by molar-refractivity contribution is 5.75. The molecule has 0 saturated heterocycles. The third-order valence-corrected chi connectivity index (χ3v) is 5.30. The number of alkyl halides is 3. The molecule has 0 fully saturated rings. The van der Waals surface area contributed by atoms with Crippen LogP contribution in [0, 0.1) is 0 Å². The van der Waals surface area contributed by atoms with Crippen LogP contribution >= 0.6 is 0 Å². The van der Waals surface area contributed by atoms with Crippen molar-refractivity contribution in [2.24, 2.45) is 7.05 Å². The van der Waals surface area contributed by atoms with E-state index in [1.54, 1.807) is 11.8 Å². The Bertz CT molecular complexity index is 905. The van der Waals surface area contributed by atoms with Crippen molar-refractivity contribution in [1.82, 2.24) is 19.7 Å². The highest BCUT2D eigenvalue weighted by Gasteiger charge is 2.35. The number of carbonyl (C=O) groups is 1. The van der Waals surface area contributed by atoms with E-state index in [1.165, 1.54) is 6.20 Å². The van der Waals surface area contributed by atoms with Crippen molar-refractivity contribution < 1.29 is 18.0 Å². The molecule has 27 heavy (non-hydrogen) atoms. The summed E-state index contributed by atoms with van der Waals surface area (Å²) < 4.78 is 40.8. The van der Waals surface area contributed by atoms with E-state index in [-0.39, 0.29) is 5.91 Å². The summed E-state index contributed by atoms with van der Waals surface area (Å²) in [5, 5.41) is 4.63. The van der Waals surface area contributed by atoms with E-state index in [0.717, 1.165) is 23.7 Å². The van der Waals surface area contributed by atoms with Crippen LogP contribution in [0.2, 0.25) is 0 Å². The Balaban J connectivity index is 1.76. The van der Waals surface area contributed by atoms with Crippen molar-refractivity contribution in [3.05, 3.63) is 34.8 Å². The third kappa shape index (κ3) is 3.04. The fraction of sp³-hybridized carbons (Fsp3) is 0.500. The zero-order valence-corrected chi connectivity index (χ0v) is 15.2. The predicted octanol–water partition coefficient (Wildman–Crippen LogP) is 2.82. The minimum atomic E-state index is -4.45. The van der Waals surface area contributed by atoms with Crippen molar-refractivity contribution in [3.63, 3.8) is 0 Å². The molecule has 0 spiro atoms. The summed E-state index contributed by atoms with van der Waals surface area (Å²) in [7, 11) is 1.86. The van der Waals surface area contributed by atoms with Gasteiger partial charge in [0.25, 0.3) is 0 Å². The molecule has 0 N–H and O–H groups in total. The molecule has 1 amide bonds. The van der Waals surface area contributed by atoms with E-state index in [0.29, 0.717) is 49.5 Å². The number of rotatable bonds is 1. The zero-order valence-electron chi connectivity index (χ0n) is 15.2. The molecule has 2 aliphatic heterocycles. The fourth-order valence-electron chi connectivity index (χ4n) is 3.91. The zero-order chi connectivity index (χ0) is 19.3. The van der Waals surface area contributed by atoms with Gasteiger partial charge in [-0.3, -0.25) is 9.48 Å². The normalized spacial score (nSPS) is 16.9. The van der Waals surface area contributed by atoms with Gasteiger partial charge in [-0.1, -0.05) is 0 Å². The van der Waals surface area contributed by atoms with Crippen LogP contribution < -0.4 is 4.90 Å². The van der Waals surface area contributed by atoms with Crippen molar-refractivity contribution in [2.45, 2.75) is 38.9 Å². The second-order valence-electron chi connectivity index (χ2n) is 7.01. The summed E-state index contributed by atoms with van der Waals surface area (Å²) in [6.45, 7) is 3.31. The average Bonchev–Trinajstić information content (AvgIpc) is 2.96. The van der Waals surface area contributed by atoms with Crippen LogP contribution in [0.3, 0.4) is 0 Å². The number of aryl methyl sites for hydroxylation is 2. The lowest BCUT2D eigenvalue weighted by Crippen LogP contribution is -2.35. The first kappa shape index (κ1) is 17.8. The maximum atomic E-state index is 13.0. The SMILES string of the molecule is CC(=O)N1CCc2c(c(N3CCCc4cc(C(F)(F)F)ncc43)nn2C)C1. The van der Waals surface area contributed by atoms with E-state index in [9.17, 15) is 18.0 Å². The Hall–Kier alpha value is -2.58. The number of hydrogen-bond acceptors (Lipinski definition) is 4. The van der Waals surface area contributed by atoms with Crippen LogP contribution in [0.25, 0.3) is 0 Å². The summed E-state index contributed by atoms with van der Waals surface area (Å²) >= 11 is 0. The molecule has 0 saturated carbocycles. The minimum Gasteiger partial charge on any atom is -0.338 e. The van der Waals surface area contributed by atoms with Gasteiger partial charge in [0, 0.05) is 44.7 Å². The molecule has 2 aromatic heterocycles. The van der Waals surface area contributed by atoms with Crippen molar-refractivity contribution >= 4 is 17.4 Å². The third-order valence-electron chi connectivity index (χ3n) is 5.30. The lowest BCUT2D eigenvalue weighted by Gasteiger charge is -2.32. The highest BCUT2D eigenvalue weighted by Crippen LogP contribution is 2.39. The largest absolute Gasteiger partial charge is 0.433 e. The Labute approximate surface area is 154 Å². The summed E-state index contributed by atoms with van der Waals surface area (Å²) in [5.41, 5.74) is 2.45. The van der Waals surface area contributed by atoms with Crippen LogP contribution in [-0.2, 0) is 37.4 Å². The van der Waals surface area contributed by atoms with Crippen LogP contribution in [0.5, 0.6) is 0 Å². The smallest absolute Gasteiger partial charge is 0.338 e. The molecule has 9 heteroatoms. The standard InChI is InChI=1S/C18H20F3N5O/c1-11(27)25-7-5-14-13(10-25)17(23-24(14)2)26-6-3-4-12-8-16(18(19,20)21)22-9-15(12)26/h8-9H,3-7,10H2,1-2H3. The quantitative estimate of drug-likeness (QED) is 0.765. The van der Waals surface area contributed by atoms with Crippen molar-refractivity contribution in [3.8, 4) is 0 Å². The van der Waals surface area contributed by atoms with Gasteiger partial charge in [-0.2, -0.15) is 18.3 Å². The highest BCUT2D eigenvalue weighted by atomic mass is 19.4. The number of nitrogens with zero attached hydrogens (tertiary/aromatic N) is 5. The van der Waals surface area contributed by atoms with Crippen LogP contribution in [0.4, 0.5) is 24.7 Å². The van der Waals surface area contributed by atoms with E-state index in [1.807, 2.05) is 16.6 Å². The molecular weight excluding hydrogens is 359 g/mol. The van der Waals surface area contributed by atoms with Gasteiger partial charge in [-0.15, -0.1) is 0 Å². The Morgan fingerprint density at radius 1 is 1.22 bits per heavy atom. The van der Waals surface area contributed by atoms with Crippen LogP contribution in [0.15, 0.2) is 12.3 Å². The number of aromatic nitrogens is 3. The lowest BCUT2D eigenvalue weighted by atomic mass is 10.0. The topological polar surface area (TPSA) is 54.3 Å². The minimum absolute atomic E-state index is 0.00554. The fourth-order valence-corrected chi connectivity index (χ4v) is 3.91. The van der Waals surface area contributed by atoms with Gasteiger partial charge in [0.15, 0.2) is 5.82 Å². The Kier molecular flexibility index (Phi) is 4.12. The van der Waals surface area contributed by atoms with Crippen molar-refractivity contribution in [1.29, 1.82) is 0 Å². The molecule has 0 aromatic carbocycles. The van der Waals surface area contributed by atoms with Gasteiger partial charge in [0.2, 0.25) is 5.91 Å². The van der Waals surface area contributed by atoms with Gasteiger partial charge >= 0.3 is 6.18 Å². The summed E-state index contributed by atoms with van der Waals surface area (Å²) in [5.74, 6) is 0.715. The first-order valence-corrected chi connectivity index (χ1v) is 8.89. The molecule has 144 valence electrons. The summed E-state index contributed by atoms with van der Waals surface area (Å²) in [4.78, 5) is 19.1. The molecule has 2 aliphatic rings. The molecule has 0 bridgehead atoms. The van der Waals surface area contributed by atoms with Gasteiger partial charge in [0.05, 0.1) is 18.4 Å². The second-order valence-corrected chi connectivity index (χ2v) is 7.01. The van der Waals surface area contributed by atoms with Gasteiger partial charge in [0.1, 0.15) is 5.69 Å². The van der Waals surface area contributed by atoms with Crippen LogP contribution in [0.1, 0.15) is 35.9 Å². The first-order valence-electron chi connectivity index (χ1n) is 8.89. The number of amides is 1. The summed E-state index contributed by atoms with van der Waals surface area (Å²) in [6.07, 6.45) is -1.14. The van der Waals surface area contributed by atoms with E-state index in [4.69, 9.17) is 0 Å². The molecular formula is C18H20F3N5O. The van der Waals surface area contributed by atoms with Gasteiger partial charge in [-0.25, -0.2) is 4.98 Å². The second kappa shape index (κ2) is 6.24. The predicted molar refractivity (Wildman–Crippen MR) is 92.6 cm³/mol. The van der Waals surface area contributed by atoms with E-state index < -0.39 is 11.9 Å². The number of hydrogen-bond donors (Lipinski definition) is 0. The molecule has 0 aliphatic carbocycles. The lowest BCUT2D eigenvalue weighted by molar-refractivity contribution is -0.141. The maximum absolute atomic E-state index is 13.0. The maximum Gasteiger partial charge on any atom is 0.433 e. The Morgan fingerprint density at radius 3 is 2.70 bits per heavy atom. The van der Waals surface area contributed by atoms with Gasteiger partial charge < -0.3 is 9.80 Å². The molecule has 0 radical (unpaired) electrons. The number of fused-ring (bicyclic) bond motifs is 2. The summed E-state index contributed by atoms with van der Waals surface area (Å²) in [6, 6.07) is 1.14. The van der Waals surface area contributed by atoms with Gasteiger partial charge in [-0.05, 0) is 24.5 Å². The number of carbonyl (C=O) groups excluding carboxylic acids is 1. The van der Waals surface area contributed by atoms with E-state index in [2.05, 4.69) is 10.1 Å². The monoisotopic (exact) mass is 379 g/mol. The average molecular weight is 379 g/mol. The first-order chi connectivity index (χ1) is 12.8. The van der Waals surface area contributed by atoms with Crippen molar-refractivity contribution in [2.75, 3.05) is 18.0 Å². The van der Waals surface area contributed by atoms with E-state index >= 15 is 0 Å². The Morgan fingerprint density at radius 2 is 2.00 bits per heavy atom. The molecule has 6 nitrogen and oxygen atoms in total. The molecule has 0 atom stereocenters. The molecule has 4 rings (SSSR count). The number of halogens is 3. The molecule has 2 aromatic rings. The number of anilines is 2. The molecule has 0 unspecified atom stereocenters. The van der Waals surface area contributed by atoms with Crippen LogP contribution in [-0.4, -0.2) is 38.7 Å². The number of pyridine rings is 1.